The second kappa shape index (κ2) is 4.96. The van der Waals surface area contributed by atoms with Gasteiger partial charge in [0.1, 0.15) is 0 Å². The summed E-state index contributed by atoms with van der Waals surface area (Å²) in [6.45, 7) is 0. The number of amides is 1. The molecular weight excluding hydrogens is 184 g/mol. The molecule has 0 aliphatic heterocycles. The summed E-state index contributed by atoms with van der Waals surface area (Å²) < 4.78 is 0. The van der Waals surface area contributed by atoms with E-state index in [-0.39, 0.29) is 6.42 Å². The van der Waals surface area contributed by atoms with Crippen LogP contribution >= 0.6 is 0 Å². The molecule has 0 radical (unpaired) electrons. The Morgan fingerprint density at radius 3 is 2.93 bits per heavy atom. The van der Waals surface area contributed by atoms with Crippen LogP contribution in [-0.2, 0) is 9.59 Å². The third-order valence-electron chi connectivity index (χ3n) is 1.69. The maximum Gasteiger partial charge on any atom is 0.305 e. The normalized spacial score (nSPS) is 11.7. The molecule has 0 spiro atoms. The Balaban J connectivity index is 2.77. The smallest absolute Gasteiger partial charge is 0.305 e. The number of carboxylic acids is 1. The fourth-order valence-corrected chi connectivity index (χ4v) is 1.09. The summed E-state index contributed by atoms with van der Waals surface area (Å²) >= 11 is 0. The molecule has 2 N–H and O–H groups in total. The first-order chi connectivity index (χ1) is 6.74. The molecule has 0 fully saturated rings. The highest BCUT2D eigenvalue weighted by atomic mass is 16.4. The molecule has 1 atom stereocenters. The van der Waals surface area contributed by atoms with Gasteiger partial charge in [-0.3, -0.25) is 14.6 Å². The molecule has 1 heterocycles. The Kier molecular flexibility index (Phi) is 3.60. The Bertz CT molecular complexity index is 313. The second-order valence-electron chi connectivity index (χ2n) is 2.69. The van der Waals surface area contributed by atoms with Gasteiger partial charge in [0.15, 0.2) is 0 Å². The molecule has 5 nitrogen and oxygen atoms in total. The maximum atomic E-state index is 10.5. The predicted octanol–water partition coefficient (Wildman–Crippen LogP) is 0.343. The SMILES string of the molecule is O=CN[C@H](CC(=O)O)c1ccccn1. The lowest BCUT2D eigenvalue weighted by molar-refractivity contribution is -0.137. The lowest BCUT2D eigenvalue weighted by Gasteiger charge is -2.12. The summed E-state index contributed by atoms with van der Waals surface area (Å²) in [5.41, 5.74) is 0.544. The van der Waals surface area contributed by atoms with Gasteiger partial charge >= 0.3 is 5.97 Å². The average Bonchev–Trinajstić information content (AvgIpc) is 2.18. The van der Waals surface area contributed by atoms with Crippen molar-refractivity contribution in [1.29, 1.82) is 0 Å². The van der Waals surface area contributed by atoms with Crippen LogP contribution < -0.4 is 5.32 Å². The predicted molar refractivity (Wildman–Crippen MR) is 48.4 cm³/mol. The van der Waals surface area contributed by atoms with Gasteiger partial charge in [0.25, 0.3) is 0 Å². The van der Waals surface area contributed by atoms with Gasteiger partial charge in [0.05, 0.1) is 18.2 Å². The third kappa shape index (κ3) is 2.85. The number of rotatable bonds is 5. The van der Waals surface area contributed by atoms with Crippen LogP contribution in [0.4, 0.5) is 0 Å². The molecule has 1 rings (SSSR count). The van der Waals surface area contributed by atoms with Crippen LogP contribution in [0.1, 0.15) is 18.2 Å². The molecule has 0 unspecified atom stereocenters. The summed E-state index contributed by atoms with van der Waals surface area (Å²) in [7, 11) is 0. The third-order valence-corrected chi connectivity index (χ3v) is 1.69. The van der Waals surface area contributed by atoms with E-state index < -0.39 is 12.0 Å². The first-order valence-corrected chi connectivity index (χ1v) is 4.06. The number of carbonyl (C=O) groups excluding carboxylic acids is 1. The molecule has 1 aromatic heterocycles. The number of aromatic nitrogens is 1. The van der Waals surface area contributed by atoms with E-state index in [9.17, 15) is 9.59 Å². The van der Waals surface area contributed by atoms with Crippen LogP contribution in [0.5, 0.6) is 0 Å². The van der Waals surface area contributed by atoms with Crippen LogP contribution in [-0.4, -0.2) is 22.5 Å². The first-order valence-electron chi connectivity index (χ1n) is 4.06. The minimum Gasteiger partial charge on any atom is -0.481 e. The van der Waals surface area contributed by atoms with Gasteiger partial charge in [-0.1, -0.05) is 6.07 Å². The largest absolute Gasteiger partial charge is 0.481 e. The fraction of sp³-hybridized carbons (Fsp3) is 0.222. The topological polar surface area (TPSA) is 79.3 Å². The van der Waals surface area contributed by atoms with Crippen molar-refractivity contribution >= 4 is 12.4 Å². The van der Waals surface area contributed by atoms with Gasteiger partial charge in [-0.2, -0.15) is 0 Å². The van der Waals surface area contributed by atoms with Crippen molar-refractivity contribution in [3.8, 4) is 0 Å². The number of carbonyl (C=O) groups is 2. The van der Waals surface area contributed by atoms with E-state index in [4.69, 9.17) is 5.11 Å². The van der Waals surface area contributed by atoms with Crippen molar-refractivity contribution < 1.29 is 14.7 Å². The zero-order valence-electron chi connectivity index (χ0n) is 7.38. The van der Waals surface area contributed by atoms with Crippen LogP contribution in [0.25, 0.3) is 0 Å². The number of hydrogen-bond acceptors (Lipinski definition) is 3. The van der Waals surface area contributed by atoms with E-state index >= 15 is 0 Å². The van der Waals surface area contributed by atoms with Crippen LogP contribution in [0.3, 0.4) is 0 Å². The Morgan fingerprint density at radius 1 is 1.64 bits per heavy atom. The van der Waals surface area contributed by atoms with Crippen molar-refractivity contribution in [1.82, 2.24) is 10.3 Å². The van der Waals surface area contributed by atoms with Gasteiger partial charge < -0.3 is 10.4 Å². The van der Waals surface area contributed by atoms with E-state index in [0.717, 1.165) is 0 Å². The highest BCUT2D eigenvalue weighted by Gasteiger charge is 2.14. The van der Waals surface area contributed by atoms with E-state index in [1.165, 1.54) is 0 Å². The minimum absolute atomic E-state index is 0.171. The number of nitrogens with zero attached hydrogens (tertiary/aromatic N) is 1. The monoisotopic (exact) mass is 194 g/mol. The molecule has 1 aromatic rings. The Labute approximate surface area is 80.8 Å². The molecule has 0 aliphatic rings. The van der Waals surface area contributed by atoms with E-state index in [1.54, 1.807) is 24.4 Å². The molecule has 0 saturated heterocycles. The van der Waals surface area contributed by atoms with Crippen LogP contribution in [0, 0.1) is 0 Å². The molecule has 14 heavy (non-hydrogen) atoms. The fourth-order valence-electron chi connectivity index (χ4n) is 1.09. The maximum absolute atomic E-state index is 10.5. The van der Waals surface area contributed by atoms with E-state index in [1.807, 2.05) is 0 Å². The standard InChI is InChI=1S/C9H10N2O3/c12-6-11-8(5-9(13)14)7-3-1-2-4-10-7/h1-4,6,8H,5H2,(H,11,12)(H,13,14)/t8-/m1/s1. The Morgan fingerprint density at radius 2 is 2.43 bits per heavy atom. The molecule has 0 saturated carbocycles. The van der Waals surface area contributed by atoms with Crippen LogP contribution in [0.15, 0.2) is 24.4 Å². The Hall–Kier alpha value is -1.91. The summed E-state index contributed by atoms with van der Waals surface area (Å²) in [5, 5.41) is 11.0. The molecular formula is C9H10N2O3. The number of nitrogens with one attached hydrogen (secondary N) is 1. The lowest BCUT2D eigenvalue weighted by Crippen LogP contribution is -2.23. The summed E-state index contributed by atoms with van der Waals surface area (Å²) in [6.07, 6.45) is 1.86. The van der Waals surface area contributed by atoms with Gasteiger partial charge in [0.2, 0.25) is 6.41 Å². The van der Waals surface area contributed by atoms with E-state index in [0.29, 0.717) is 12.1 Å². The highest BCUT2D eigenvalue weighted by molar-refractivity contribution is 5.68. The van der Waals surface area contributed by atoms with Crippen molar-refractivity contribution in [2.24, 2.45) is 0 Å². The number of carboxylic acid groups (broad SMARTS) is 1. The number of pyridine rings is 1. The number of aliphatic carboxylic acids is 1. The average molecular weight is 194 g/mol. The molecule has 0 bridgehead atoms. The van der Waals surface area contributed by atoms with Gasteiger partial charge in [-0.05, 0) is 12.1 Å². The summed E-state index contributed by atoms with van der Waals surface area (Å²) in [5.74, 6) is -0.977. The lowest BCUT2D eigenvalue weighted by atomic mass is 10.1. The van der Waals surface area contributed by atoms with Gasteiger partial charge in [-0.15, -0.1) is 0 Å². The minimum atomic E-state index is -0.977. The summed E-state index contributed by atoms with van der Waals surface area (Å²) in [6, 6.07) is 4.57. The van der Waals surface area contributed by atoms with Crippen LogP contribution in [0.2, 0.25) is 0 Å². The van der Waals surface area contributed by atoms with E-state index in [2.05, 4.69) is 10.3 Å². The van der Waals surface area contributed by atoms with Crippen molar-refractivity contribution in [3.63, 3.8) is 0 Å². The zero-order chi connectivity index (χ0) is 10.4. The second-order valence-corrected chi connectivity index (χ2v) is 2.69. The van der Waals surface area contributed by atoms with Crippen molar-refractivity contribution in [3.05, 3.63) is 30.1 Å². The highest BCUT2D eigenvalue weighted by Crippen LogP contribution is 2.12. The van der Waals surface area contributed by atoms with Crippen molar-refractivity contribution in [2.45, 2.75) is 12.5 Å². The zero-order valence-corrected chi connectivity index (χ0v) is 7.38. The molecule has 1 amide bonds. The summed E-state index contributed by atoms with van der Waals surface area (Å²) in [4.78, 5) is 24.7. The molecule has 74 valence electrons. The molecule has 0 aliphatic carbocycles. The first kappa shape index (κ1) is 10.2. The molecule has 0 aromatic carbocycles. The van der Waals surface area contributed by atoms with Gasteiger partial charge in [-0.25, -0.2) is 0 Å². The quantitative estimate of drug-likeness (QED) is 0.662. The molecule has 5 heteroatoms. The van der Waals surface area contributed by atoms with Gasteiger partial charge in [0, 0.05) is 6.20 Å². The van der Waals surface area contributed by atoms with Crippen molar-refractivity contribution in [2.75, 3.05) is 0 Å². The number of hydrogen-bond donors (Lipinski definition) is 2.